The highest BCUT2D eigenvalue weighted by atomic mass is 79.9. The molecule has 0 heterocycles. The van der Waals surface area contributed by atoms with Crippen LogP contribution in [0, 0.1) is 6.92 Å². The third-order valence-electron chi connectivity index (χ3n) is 1.36. The van der Waals surface area contributed by atoms with Crippen molar-refractivity contribution in [2.45, 2.75) is 6.92 Å². The Labute approximate surface area is 85.1 Å². The van der Waals surface area contributed by atoms with E-state index in [1.807, 2.05) is 0 Å². The summed E-state index contributed by atoms with van der Waals surface area (Å²) < 4.78 is 26.5. The normalized spacial score (nSPS) is 11.3. The Morgan fingerprint density at radius 3 is 2.62 bits per heavy atom. The lowest BCUT2D eigenvalue weighted by Gasteiger charge is -2.05. The van der Waals surface area contributed by atoms with E-state index in [9.17, 15) is 8.42 Å². The van der Waals surface area contributed by atoms with Crippen LogP contribution in [0.2, 0.25) is 0 Å². The SMILES string of the molecule is Cc1ccc(Br)cc1OS(N)(=O)=O. The van der Waals surface area contributed by atoms with Crippen LogP contribution in [0.5, 0.6) is 5.75 Å². The van der Waals surface area contributed by atoms with Crippen LogP contribution in [-0.2, 0) is 10.3 Å². The number of hydrogen-bond acceptors (Lipinski definition) is 3. The summed E-state index contributed by atoms with van der Waals surface area (Å²) >= 11 is 3.19. The van der Waals surface area contributed by atoms with Gasteiger partial charge in [-0.15, -0.1) is 0 Å². The zero-order valence-corrected chi connectivity index (χ0v) is 9.22. The third-order valence-corrected chi connectivity index (χ3v) is 2.26. The molecule has 72 valence electrons. The second-order valence-corrected chi connectivity index (χ2v) is 4.55. The van der Waals surface area contributed by atoms with Gasteiger partial charge in [0, 0.05) is 4.47 Å². The van der Waals surface area contributed by atoms with Crippen LogP contribution in [0.25, 0.3) is 0 Å². The summed E-state index contributed by atoms with van der Waals surface area (Å²) in [5, 5.41) is 4.72. The second-order valence-electron chi connectivity index (χ2n) is 2.49. The molecule has 4 nitrogen and oxygen atoms in total. The first-order valence-corrected chi connectivity index (χ1v) is 5.63. The number of nitrogens with two attached hydrogens (primary N) is 1. The Morgan fingerprint density at radius 2 is 2.08 bits per heavy atom. The molecular weight excluding hydrogens is 258 g/mol. The van der Waals surface area contributed by atoms with Crippen LogP contribution in [0.3, 0.4) is 0 Å². The van der Waals surface area contributed by atoms with Crippen LogP contribution in [0.15, 0.2) is 22.7 Å². The minimum absolute atomic E-state index is 0.233. The average molecular weight is 266 g/mol. The van der Waals surface area contributed by atoms with Gasteiger partial charge in [-0.3, -0.25) is 0 Å². The van der Waals surface area contributed by atoms with Gasteiger partial charge in [0.15, 0.2) is 0 Å². The molecule has 2 N–H and O–H groups in total. The van der Waals surface area contributed by atoms with Gasteiger partial charge in [-0.05, 0) is 24.6 Å². The summed E-state index contributed by atoms with van der Waals surface area (Å²) in [5.74, 6) is 0.233. The summed E-state index contributed by atoms with van der Waals surface area (Å²) in [4.78, 5) is 0. The molecule has 1 aromatic carbocycles. The number of hydrogen-bond donors (Lipinski definition) is 1. The van der Waals surface area contributed by atoms with Crippen LogP contribution in [-0.4, -0.2) is 8.42 Å². The van der Waals surface area contributed by atoms with Gasteiger partial charge in [0.05, 0.1) is 0 Å². The largest absolute Gasteiger partial charge is 0.380 e. The molecule has 0 atom stereocenters. The molecule has 0 spiro atoms. The standard InChI is InChI=1S/C7H8BrNO3S/c1-5-2-3-6(8)4-7(5)12-13(9,10)11/h2-4H,1H3,(H2,9,10,11). The van der Waals surface area contributed by atoms with Gasteiger partial charge >= 0.3 is 10.3 Å². The minimum Gasteiger partial charge on any atom is -0.371 e. The summed E-state index contributed by atoms with van der Waals surface area (Å²) in [5.41, 5.74) is 0.706. The van der Waals surface area contributed by atoms with Gasteiger partial charge in [0.25, 0.3) is 0 Å². The predicted octanol–water partition coefficient (Wildman–Crippen LogP) is 1.34. The molecule has 0 saturated heterocycles. The van der Waals surface area contributed by atoms with E-state index in [1.54, 1.807) is 25.1 Å². The van der Waals surface area contributed by atoms with Gasteiger partial charge < -0.3 is 4.18 Å². The maximum Gasteiger partial charge on any atom is 0.380 e. The summed E-state index contributed by atoms with van der Waals surface area (Å²) in [6, 6.07) is 5.05. The van der Waals surface area contributed by atoms with E-state index in [0.717, 1.165) is 4.47 Å². The summed E-state index contributed by atoms with van der Waals surface area (Å²) in [6.45, 7) is 1.73. The number of rotatable bonds is 2. The number of halogens is 1. The molecule has 0 radical (unpaired) electrons. The Hall–Kier alpha value is -0.590. The van der Waals surface area contributed by atoms with E-state index in [1.165, 1.54) is 0 Å². The molecule has 0 amide bonds. The molecule has 0 fully saturated rings. The molecule has 1 aromatic rings. The van der Waals surface area contributed by atoms with E-state index in [-0.39, 0.29) is 5.75 Å². The maximum absolute atomic E-state index is 10.6. The summed E-state index contributed by atoms with van der Waals surface area (Å²) in [6.07, 6.45) is 0. The van der Waals surface area contributed by atoms with Crippen LogP contribution in [0.1, 0.15) is 5.56 Å². The molecule has 0 aliphatic rings. The van der Waals surface area contributed by atoms with E-state index < -0.39 is 10.3 Å². The molecule has 1 rings (SSSR count). The van der Waals surface area contributed by atoms with Crippen molar-refractivity contribution >= 4 is 26.2 Å². The van der Waals surface area contributed by atoms with E-state index in [2.05, 4.69) is 20.1 Å². The van der Waals surface area contributed by atoms with Crippen LogP contribution in [0.4, 0.5) is 0 Å². The first kappa shape index (κ1) is 10.5. The third kappa shape index (κ3) is 3.33. The molecule has 0 aliphatic carbocycles. The van der Waals surface area contributed by atoms with Crippen molar-refractivity contribution in [3.8, 4) is 5.75 Å². The fourth-order valence-corrected chi connectivity index (χ4v) is 1.56. The van der Waals surface area contributed by atoms with Crippen molar-refractivity contribution in [2.24, 2.45) is 5.14 Å². The highest BCUT2D eigenvalue weighted by Gasteiger charge is 2.07. The zero-order valence-electron chi connectivity index (χ0n) is 6.82. The highest BCUT2D eigenvalue weighted by Crippen LogP contribution is 2.23. The molecule has 0 aromatic heterocycles. The van der Waals surface area contributed by atoms with Gasteiger partial charge in [-0.1, -0.05) is 22.0 Å². The average Bonchev–Trinajstić information content (AvgIpc) is 1.94. The lowest BCUT2D eigenvalue weighted by molar-refractivity contribution is 0.485. The van der Waals surface area contributed by atoms with Crippen molar-refractivity contribution in [3.05, 3.63) is 28.2 Å². The van der Waals surface area contributed by atoms with E-state index in [0.29, 0.717) is 5.56 Å². The molecule has 0 unspecified atom stereocenters. The van der Waals surface area contributed by atoms with Gasteiger partial charge in [0.2, 0.25) is 0 Å². The van der Waals surface area contributed by atoms with Crippen LogP contribution >= 0.6 is 15.9 Å². The lowest BCUT2D eigenvalue weighted by atomic mass is 10.2. The monoisotopic (exact) mass is 265 g/mol. The molecule has 13 heavy (non-hydrogen) atoms. The smallest absolute Gasteiger partial charge is 0.371 e. The fraction of sp³-hybridized carbons (Fsp3) is 0.143. The fourth-order valence-electron chi connectivity index (χ4n) is 0.789. The molecule has 6 heteroatoms. The zero-order chi connectivity index (χ0) is 10.1. The Bertz CT molecular complexity index is 416. The Kier molecular flexibility index (Phi) is 2.94. The van der Waals surface area contributed by atoms with Crippen molar-refractivity contribution in [1.29, 1.82) is 0 Å². The van der Waals surface area contributed by atoms with Crippen molar-refractivity contribution < 1.29 is 12.6 Å². The number of benzene rings is 1. The van der Waals surface area contributed by atoms with E-state index >= 15 is 0 Å². The van der Waals surface area contributed by atoms with Crippen molar-refractivity contribution in [3.63, 3.8) is 0 Å². The second kappa shape index (κ2) is 3.65. The van der Waals surface area contributed by atoms with E-state index in [4.69, 9.17) is 5.14 Å². The van der Waals surface area contributed by atoms with Crippen molar-refractivity contribution in [1.82, 2.24) is 0 Å². The predicted molar refractivity (Wildman–Crippen MR) is 52.6 cm³/mol. The van der Waals surface area contributed by atoms with Gasteiger partial charge in [-0.25, -0.2) is 0 Å². The first-order chi connectivity index (χ1) is 5.88. The van der Waals surface area contributed by atoms with Gasteiger partial charge in [0.1, 0.15) is 5.75 Å². The lowest BCUT2D eigenvalue weighted by Crippen LogP contribution is -2.19. The maximum atomic E-state index is 10.6. The summed E-state index contributed by atoms with van der Waals surface area (Å²) in [7, 11) is -3.94. The van der Waals surface area contributed by atoms with Gasteiger partial charge in [-0.2, -0.15) is 13.6 Å². The Morgan fingerprint density at radius 1 is 1.46 bits per heavy atom. The molecule has 0 bridgehead atoms. The Balaban J connectivity index is 3.08. The number of aryl methyl sites for hydroxylation is 1. The first-order valence-electron chi connectivity index (χ1n) is 3.37. The molecular formula is C7H8BrNO3S. The molecule has 0 saturated carbocycles. The minimum atomic E-state index is -3.94. The molecule has 0 aliphatic heterocycles. The highest BCUT2D eigenvalue weighted by molar-refractivity contribution is 9.10. The quantitative estimate of drug-likeness (QED) is 0.878. The topological polar surface area (TPSA) is 69.4 Å². The van der Waals surface area contributed by atoms with Crippen LogP contribution < -0.4 is 9.32 Å². The van der Waals surface area contributed by atoms with Crippen molar-refractivity contribution in [2.75, 3.05) is 0 Å².